The van der Waals surface area contributed by atoms with Crippen LogP contribution in [0, 0.1) is 9.49 Å². The van der Waals surface area contributed by atoms with Crippen molar-refractivity contribution in [2.24, 2.45) is 5.92 Å². The highest BCUT2D eigenvalue weighted by Gasteiger charge is 2.76. The van der Waals surface area contributed by atoms with Gasteiger partial charge in [0.1, 0.15) is 0 Å². The normalized spacial score (nSPS) is 26.3. The number of hydrogen-bond acceptors (Lipinski definition) is 2. The monoisotopic (exact) mass is 510 g/mol. The molecule has 0 spiro atoms. The van der Waals surface area contributed by atoms with Gasteiger partial charge in [0.15, 0.2) is 0 Å². The number of rotatable bonds is 2. The topological polar surface area (TPSA) is 59.5 Å². The predicted molar refractivity (Wildman–Crippen MR) is 112 cm³/mol. The predicted octanol–water partition coefficient (Wildman–Crippen LogP) is 5.23. The Hall–Kier alpha value is -1.25. The van der Waals surface area contributed by atoms with E-state index in [-0.39, 0.29) is 10.8 Å². The zero-order chi connectivity index (χ0) is 19.0. The van der Waals surface area contributed by atoms with Gasteiger partial charge in [0, 0.05) is 20.6 Å². The summed E-state index contributed by atoms with van der Waals surface area (Å²) < 4.78 is 28.9. The molecule has 2 aliphatic carbocycles. The maximum absolute atomic E-state index is 13.5. The van der Waals surface area contributed by atoms with Gasteiger partial charge in [-0.2, -0.15) is 0 Å². The van der Waals surface area contributed by atoms with Gasteiger partial charge in [-0.05, 0) is 95.3 Å². The minimum Gasteiger partial charge on any atom is -0.498 e. The molecule has 138 valence electrons. The second-order valence-corrected chi connectivity index (χ2v) is 11.2. The van der Waals surface area contributed by atoms with E-state index >= 15 is 0 Å². The summed E-state index contributed by atoms with van der Waals surface area (Å²) in [4.78, 5) is -1.07. The van der Waals surface area contributed by atoms with E-state index in [0.29, 0.717) is 17.1 Å². The van der Waals surface area contributed by atoms with Gasteiger partial charge in [0.25, 0.3) is 15.5 Å². The number of aryl methyl sites for hydroxylation is 1. The number of halogens is 2. The summed E-state index contributed by atoms with van der Waals surface area (Å²) in [5, 5.41) is 0.683. The number of sulfone groups is 1. The van der Waals surface area contributed by atoms with Crippen LogP contribution >= 0.6 is 34.2 Å². The van der Waals surface area contributed by atoms with E-state index in [2.05, 4.69) is 22.6 Å². The molecule has 2 atom stereocenters. The van der Waals surface area contributed by atoms with Crippen LogP contribution in [-0.4, -0.2) is 18.0 Å². The van der Waals surface area contributed by atoms with Gasteiger partial charge in [-0.3, -0.25) is 4.70 Å². The minimum absolute atomic E-state index is 0.253. The molecule has 1 fully saturated rings. The second-order valence-electron chi connectivity index (χ2n) is 7.39. The zero-order valence-electron chi connectivity index (χ0n) is 14.3. The number of fused-ring (bicyclic) bond motifs is 4. The van der Waals surface area contributed by atoms with Gasteiger partial charge in [-0.1, -0.05) is 17.7 Å². The smallest absolute Gasteiger partial charge is 0.343 e. The first-order chi connectivity index (χ1) is 12.9. The SMILES string of the molecule is [N-]=[N+]1C2=C3c4ccc(Cl)cc4CCC3CCC21S(=O)(=O)c1ccc(I)cc1. The maximum atomic E-state index is 13.5. The summed E-state index contributed by atoms with van der Waals surface area (Å²) in [7, 11) is -3.73. The molecule has 27 heavy (non-hydrogen) atoms. The zero-order valence-corrected chi connectivity index (χ0v) is 18.1. The van der Waals surface area contributed by atoms with E-state index in [1.165, 1.54) is 0 Å². The molecule has 1 aliphatic heterocycles. The van der Waals surface area contributed by atoms with Crippen LogP contribution in [0.4, 0.5) is 0 Å². The van der Waals surface area contributed by atoms with Crippen LogP contribution in [0.15, 0.2) is 53.1 Å². The lowest BCUT2D eigenvalue weighted by atomic mass is 9.74. The largest absolute Gasteiger partial charge is 0.498 e. The molecule has 4 nitrogen and oxygen atoms in total. The quantitative estimate of drug-likeness (QED) is 0.316. The first kappa shape index (κ1) is 17.8. The average Bonchev–Trinajstić information content (AvgIpc) is 3.28. The van der Waals surface area contributed by atoms with Crippen molar-refractivity contribution in [1.82, 2.24) is 0 Å². The molecule has 5 rings (SSSR count). The summed E-state index contributed by atoms with van der Waals surface area (Å²) in [5.74, 6) is 0.283. The van der Waals surface area contributed by atoms with E-state index in [9.17, 15) is 13.9 Å². The lowest BCUT2D eigenvalue weighted by Gasteiger charge is -2.28. The molecule has 0 bridgehead atoms. The van der Waals surface area contributed by atoms with E-state index in [0.717, 1.165) is 44.2 Å². The summed E-state index contributed by atoms with van der Waals surface area (Å²) in [6.45, 7) is 0. The second kappa shape index (κ2) is 5.87. The van der Waals surface area contributed by atoms with Gasteiger partial charge < -0.3 is 5.53 Å². The molecule has 0 N–H and O–H groups in total. The van der Waals surface area contributed by atoms with Crippen molar-refractivity contribution >= 4 is 49.6 Å². The number of hydrogen-bond donors (Lipinski definition) is 0. The van der Waals surface area contributed by atoms with E-state index in [1.54, 1.807) is 24.3 Å². The van der Waals surface area contributed by atoms with Crippen LogP contribution in [0.25, 0.3) is 11.1 Å². The Labute approximate surface area is 176 Å². The van der Waals surface area contributed by atoms with E-state index in [1.807, 2.05) is 18.2 Å². The van der Waals surface area contributed by atoms with Gasteiger partial charge in [-0.15, -0.1) is 0 Å². The van der Waals surface area contributed by atoms with E-state index < -0.39 is 14.7 Å². The fraction of sp³-hybridized carbons (Fsp3) is 0.300. The van der Waals surface area contributed by atoms with Crippen LogP contribution in [0.3, 0.4) is 0 Å². The van der Waals surface area contributed by atoms with Crippen molar-refractivity contribution in [1.29, 1.82) is 0 Å². The molecular formula is C20H16ClIN2O2S. The summed E-state index contributed by atoms with van der Waals surface area (Å²) in [6.07, 6.45) is 3.06. The van der Waals surface area contributed by atoms with E-state index in [4.69, 9.17) is 11.6 Å². The van der Waals surface area contributed by atoms with Gasteiger partial charge in [0.2, 0.25) is 0 Å². The van der Waals surface area contributed by atoms with Crippen LogP contribution in [0.2, 0.25) is 5.02 Å². The molecule has 2 aromatic carbocycles. The summed E-state index contributed by atoms with van der Waals surface area (Å²) >= 11 is 8.30. The van der Waals surface area contributed by atoms with Gasteiger partial charge in [-0.25, -0.2) is 8.42 Å². The molecule has 3 aliphatic rings. The van der Waals surface area contributed by atoms with Crippen molar-refractivity contribution < 1.29 is 13.1 Å². The highest BCUT2D eigenvalue weighted by molar-refractivity contribution is 14.1. The molecule has 0 saturated carbocycles. The third-order valence-electron chi connectivity index (χ3n) is 6.06. The molecule has 7 heteroatoms. The lowest BCUT2D eigenvalue weighted by molar-refractivity contribution is -0.374. The molecule has 1 saturated heterocycles. The Balaban J connectivity index is 1.70. The molecule has 2 aromatic rings. The van der Waals surface area contributed by atoms with Crippen molar-refractivity contribution in [3.05, 3.63) is 73.4 Å². The Morgan fingerprint density at radius 2 is 1.89 bits per heavy atom. The molecule has 2 unspecified atom stereocenters. The number of nitrogens with zero attached hydrogens (tertiary/aromatic N) is 2. The number of allylic oxidation sites excluding steroid dienone is 1. The van der Waals surface area contributed by atoms with Crippen LogP contribution in [-0.2, 0) is 16.3 Å². The van der Waals surface area contributed by atoms with Gasteiger partial charge >= 0.3 is 4.87 Å². The van der Waals surface area contributed by atoms with Crippen LogP contribution in [0.1, 0.15) is 30.4 Å². The fourth-order valence-corrected chi connectivity index (χ4v) is 7.24. The standard InChI is InChI=1S/C20H16ClIN2O2S/c21-14-3-8-17-13(11-14)2-1-12-9-10-20(19(18(12)17)24(20)23)27(25,26)16-6-4-15(22)5-7-16/h3-8,11-12H,1-2,9-10H2. The molecular weight excluding hydrogens is 495 g/mol. The average molecular weight is 511 g/mol. The molecule has 0 amide bonds. The Morgan fingerprint density at radius 1 is 1.15 bits per heavy atom. The van der Waals surface area contributed by atoms with Crippen molar-refractivity contribution in [3.8, 4) is 0 Å². The Morgan fingerprint density at radius 3 is 2.63 bits per heavy atom. The molecule has 1 heterocycles. The van der Waals surface area contributed by atoms with Crippen molar-refractivity contribution in [3.63, 3.8) is 0 Å². The van der Waals surface area contributed by atoms with Crippen LogP contribution in [0.5, 0.6) is 0 Å². The van der Waals surface area contributed by atoms with Crippen molar-refractivity contribution in [2.75, 3.05) is 0 Å². The van der Waals surface area contributed by atoms with Gasteiger partial charge in [0.05, 0.1) is 4.90 Å². The highest BCUT2D eigenvalue weighted by atomic mass is 127. The first-order valence-electron chi connectivity index (χ1n) is 8.89. The lowest BCUT2D eigenvalue weighted by Crippen LogP contribution is -2.31. The third kappa shape index (κ3) is 2.36. The summed E-state index contributed by atoms with van der Waals surface area (Å²) in [5.41, 5.74) is 14.4. The third-order valence-corrected chi connectivity index (χ3v) is 9.36. The number of benzene rings is 2. The highest BCUT2D eigenvalue weighted by Crippen LogP contribution is 2.61. The Bertz CT molecular complexity index is 1140. The molecule has 0 radical (unpaired) electrons. The molecule has 0 aromatic heterocycles. The maximum Gasteiger partial charge on any atom is 0.343 e. The minimum atomic E-state index is -3.73. The van der Waals surface area contributed by atoms with Crippen molar-refractivity contribution in [2.45, 2.75) is 35.4 Å². The summed E-state index contributed by atoms with van der Waals surface area (Å²) in [6, 6.07) is 12.6. The first-order valence-corrected chi connectivity index (χ1v) is 11.8. The Kier molecular flexibility index (Phi) is 3.88. The van der Waals surface area contributed by atoms with Crippen LogP contribution < -0.4 is 0 Å². The fourth-order valence-electron chi connectivity index (χ4n) is 4.69.